The van der Waals surface area contributed by atoms with Crippen LogP contribution in [0.3, 0.4) is 0 Å². The molecule has 0 aromatic heterocycles. The molecule has 0 saturated heterocycles. The van der Waals surface area contributed by atoms with E-state index in [0.29, 0.717) is 0 Å². The van der Waals surface area contributed by atoms with Crippen molar-refractivity contribution in [3.8, 4) is 0 Å². The predicted octanol–water partition coefficient (Wildman–Crippen LogP) is 12.3. The first-order chi connectivity index (χ1) is 72.2. The summed E-state index contributed by atoms with van der Waals surface area (Å²) >= 11 is 0. The zero-order valence-electron chi connectivity index (χ0n) is 77.2. The van der Waals surface area contributed by atoms with Crippen molar-refractivity contribution in [2.24, 2.45) is 476 Å². The van der Waals surface area contributed by atoms with Crippen LogP contribution in [0.15, 0.2) is 0 Å². The molecule has 0 amide bonds. The fourth-order valence-electron chi connectivity index (χ4n) is 188. The van der Waals surface area contributed by atoms with E-state index in [-0.39, 0.29) is 0 Å². The standard InChI is InChI=1S/C145H56/c1-2-51-44-14-5-10-16-11-4-8-3-9-17-21-25-22-18-12-6-13-19-23-26-28-30-32-34-33-31-29-27-24-20-15-7-50(1)45-43-46(51)88-84(43)86(45)57(15,50)61(20)65(24)68(27)70(29)72(31)74(33)75(34)73(32)71(30)69(28)67(26)64(23)60(19)54(12,13)59(18)63(22)66(25)62(21)58(17)52(8,9)47-41-39-37-35-36-38-40-42-48-55(11)56(16)49-53(10,14)85(44)90(49)93(56)92(55)89(48)83(42)81(40)79(38)77(36)76(35)78(37)80(39)82(41)87(47,58)96(62)99(66)97(63)94(59,60)98(64)103(67)106(69)109(71)112(73)114(75)113(74)110(72)107(70)104(68)100(65)95(61,86)102(84)119(88)121(90,91(51,85)88)123(93)122(92)120(89)118(83)117(81)116(79)115(77)111(76)108(78)105(80)101(82,96)125(99)124(97,98)127(103)128(105,125)131(108)130(106,127)133(109)134(111,131)137(115)136(112,133)139(114)138(113)135(110)132(107)129(104)126(100,102)143(119,123)145(122,129)144(120,132)142(118,135)141(117,138)140(116,137)139/h8-49H,1-7H2. The Labute approximate surface area is 807 Å². The summed E-state index contributed by atoms with van der Waals surface area (Å²) in [6.07, 6.45) is 14.4. The molecule has 138 unspecified atom stereocenters. The van der Waals surface area contributed by atoms with Crippen molar-refractivity contribution in [1.82, 2.24) is 0 Å². The van der Waals surface area contributed by atoms with Crippen LogP contribution in [0.2, 0.25) is 0 Å². The van der Waals surface area contributed by atoms with Gasteiger partial charge in [0, 0.05) is 0 Å². The molecule has 0 radical (unpaired) electrons. The first-order valence-electron chi connectivity index (χ1n) is 72.2. The van der Waals surface area contributed by atoms with Crippen molar-refractivity contribution in [3.05, 3.63) is 292 Å². The zero-order valence-corrected chi connectivity index (χ0v) is 77.2. The van der Waals surface area contributed by atoms with E-state index in [2.05, 4.69) is 25.7 Å². The van der Waals surface area contributed by atoms with Crippen LogP contribution < -0.4 is 0 Å². The van der Waals surface area contributed by atoms with Crippen LogP contribution in [0, 0.1) is 768 Å². The highest BCUT2D eigenvalue weighted by Gasteiger charge is 3.96. The Morgan fingerprint density at radius 3 is 0.862 bits per heavy atom. The van der Waals surface area contributed by atoms with Gasteiger partial charge in [-0.3, -0.25) is 0 Å². The smallest absolute Gasteiger partial charge is 0.00000138 e. The van der Waals surface area contributed by atoms with E-state index in [4.69, 9.17) is 0 Å². The molecule has 0 heterocycles. The van der Waals surface area contributed by atoms with Crippen LogP contribution in [0.1, 0.15) is 44.9 Å². The molecule has 145 heavy (non-hydrogen) atoms. The van der Waals surface area contributed by atoms with Crippen molar-refractivity contribution >= 4 is 0 Å². The molecule has 0 aliphatic heterocycles. The molecule has 0 heteroatoms. The van der Waals surface area contributed by atoms with E-state index in [1.54, 1.807) is 0 Å². The Kier molecular flexibility index (Phi) is 1.77. The maximum atomic E-state index is 2.19. The third kappa shape index (κ3) is 0.762. The minimum atomic E-state index is 1.01. The predicted molar refractivity (Wildman–Crippen MR) is 456 cm³/mol. The number of fused-ring (bicyclic) bond motifs is 23. The van der Waals surface area contributed by atoms with Gasteiger partial charge >= 0.3 is 0 Å². The summed E-state index contributed by atoms with van der Waals surface area (Å²) < 4.78 is 0. The molecule has 118 rings (SSSR count). The largest absolute Gasteiger partial charge is 0.0461 e. The van der Waals surface area contributed by atoms with Crippen molar-refractivity contribution in [2.75, 3.05) is 0 Å². The molecule has 138 atom stereocenters. The molecule has 0 aromatic rings. The van der Waals surface area contributed by atoms with E-state index in [1.165, 1.54) is 427 Å². The average molecular weight is 1800 g/mol. The highest BCUT2D eigenvalue weighted by molar-refractivity contribution is 7.05. The summed E-state index contributed by atoms with van der Waals surface area (Å²) in [4.78, 5) is 0. The molecule has 96 spiro atoms. The zero-order chi connectivity index (χ0) is 77.2. The van der Waals surface area contributed by atoms with E-state index < -0.39 is 0 Å². The monoisotopic (exact) mass is 1800 g/mol. The summed E-state index contributed by atoms with van der Waals surface area (Å²) in [5.74, 6) is 62.1. The van der Waals surface area contributed by atoms with Gasteiger partial charge in [0.2, 0.25) is 0 Å². The van der Waals surface area contributed by atoms with Gasteiger partial charge in [0.05, 0.1) is 0 Å². The Balaban J connectivity index is 0.516. The summed E-state index contributed by atoms with van der Waals surface area (Å²) in [6, 6.07) is 0. The Morgan fingerprint density at radius 2 is 0.400 bits per heavy atom. The molecule has 118 aliphatic carbocycles. The molecule has 636 valence electrons. The third-order valence-electron chi connectivity index (χ3n) is 140. The number of rotatable bonds is 0. The van der Waals surface area contributed by atoms with Crippen LogP contribution in [0.25, 0.3) is 0 Å². The molecule has 0 nitrogen and oxygen atoms in total. The quantitative estimate of drug-likeness (QED) is 0.227. The lowest BCUT2D eigenvalue weighted by molar-refractivity contribution is -0.988. The van der Waals surface area contributed by atoms with Crippen LogP contribution in [0.5, 0.6) is 0 Å². The lowest BCUT2D eigenvalue weighted by Gasteiger charge is -3.85. The molecule has 118 fully saturated rings. The van der Waals surface area contributed by atoms with Gasteiger partial charge in [-0.2, -0.15) is 0 Å². The van der Waals surface area contributed by atoms with Crippen LogP contribution in [0.4, 0.5) is 0 Å². The second-order valence-electron chi connectivity index (χ2n) is 99.5. The molecule has 0 bridgehead atoms. The van der Waals surface area contributed by atoms with Gasteiger partial charge < -0.3 is 0 Å². The maximum Gasteiger partial charge on any atom is -0.00000138 e. The van der Waals surface area contributed by atoms with Gasteiger partial charge in [0.1, 0.15) is 0 Å². The summed E-state index contributed by atoms with van der Waals surface area (Å²) in [5, 5.41) is 0. The van der Waals surface area contributed by atoms with Crippen molar-refractivity contribution < 1.29 is 0 Å². The van der Waals surface area contributed by atoms with Crippen molar-refractivity contribution in [2.45, 2.75) is 44.9 Å². The van der Waals surface area contributed by atoms with Gasteiger partial charge in [-0.25, -0.2) is 0 Å². The Morgan fingerprint density at radius 1 is 0.117 bits per heavy atom. The Bertz CT molecular complexity index is 13400. The number of hydrogen-bond donors (Lipinski definition) is 0. The molecule has 0 aromatic carbocycles. The summed E-state index contributed by atoms with van der Waals surface area (Å²) in [7, 11) is 0. The summed E-state index contributed by atoms with van der Waals surface area (Å²) in [5.41, 5.74) is 110. The second-order valence-corrected chi connectivity index (χ2v) is 99.5. The fraction of sp³-hybridized carbons (Fsp3) is 1.00. The normalized spacial score (nSPS) is 160. The molecule has 118 aliphatic rings. The third-order valence-corrected chi connectivity index (χ3v) is 140. The van der Waals surface area contributed by atoms with Crippen LogP contribution >= 0.6 is 0 Å². The maximum absolute atomic E-state index is 2.19. The van der Waals surface area contributed by atoms with Crippen LogP contribution in [-0.2, 0) is 0 Å². The number of hydrogen-bond acceptors (Lipinski definition) is 0. The van der Waals surface area contributed by atoms with E-state index in [0.717, 1.165) is 341 Å². The lowest BCUT2D eigenvalue weighted by Crippen LogP contribution is -3.79. The van der Waals surface area contributed by atoms with Gasteiger partial charge in [-0.15, -0.1) is 0 Å². The van der Waals surface area contributed by atoms with E-state index >= 15 is 0 Å². The topological polar surface area (TPSA) is 0 Å². The van der Waals surface area contributed by atoms with Crippen molar-refractivity contribution in [3.63, 3.8) is 0 Å². The van der Waals surface area contributed by atoms with Gasteiger partial charge in [-0.1, -0.05) is 0 Å². The lowest BCUT2D eigenvalue weighted by atomic mass is 8.16. The fourth-order valence-corrected chi connectivity index (χ4v) is 188. The average Bonchev–Trinajstić information content (AvgIpc) is 0.680. The van der Waals surface area contributed by atoms with Gasteiger partial charge in [-0.05, 0) is 813 Å². The van der Waals surface area contributed by atoms with E-state index in [9.17, 15) is 0 Å². The molecular formula is C145H56. The highest BCUT2D eigenvalue weighted by Crippen LogP contribution is 4.02. The first kappa shape index (κ1) is 43.8. The molecule has 0 N–H and O–H groups in total. The Hall–Kier alpha value is 0. The minimum absolute atomic E-state index is 1.01. The van der Waals surface area contributed by atoms with E-state index in [1.807, 2.05) is 19.3 Å². The summed E-state index contributed by atoms with van der Waals surface area (Å²) in [6.45, 7) is 0. The first-order valence-corrected chi connectivity index (χ1v) is 72.2. The molecular weight excluding hydrogens is 1740 g/mol. The highest BCUT2D eigenvalue weighted by atomic mass is 16.0. The van der Waals surface area contributed by atoms with Crippen molar-refractivity contribution in [1.29, 1.82) is 0 Å². The van der Waals surface area contributed by atoms with Gasteiger partial charge in [0.15, 0.2) is 0 Å². The van der Waals surface area contributed by atoms with Gasteiger partial charge in [0.25, 0.3) is 0 Å². The second kappa shape index (κ2) is 5.86. The SMILES string of the molecule is C1C2CC3C4C5CC6C7C89CCC%10%11CC%12C%13C%14C%15C%16C%17C%18C%19C%20C%21C%22C%23C%24C%25C%26CC%27C%28C%29C%30C%31C%32C1C21C2C%33C%34C%35C%36C%37C%38C%39C%40C%41C3%42C43C4C56C75C46C34C%423C%417C%40%41C%39%40C%38%39C%37%38C%36%37C%35%36C%34%35C%33%34C2%33C%321C%311C%302C%29%30C%28%29C%27%26C%25%26C%24%25C%23%24C%22%23C%21%22C%20%21C%19%20C%18%19C%17%18C%16%17C%15%16C%14%15C%13%14C%12%10C%10%12C%11C%11C8C8%13C%11%10C%10%11C%12%14C%15%12C%16%14C%17%15C%18%16C%19%17C%20%18C%21%19C%22%20C%23%21C%24%22C%25%23C%29%26C%30%24C2%25C1%33C%341C%352C%36%26C%37%27C%38%28C%39%29C%40%30C%41%31C7%32C37C43C6(C958)C%13%10C34C%11%12C%143C%155C%166C%178C%189C%19%10C%20%11C%21%12C%22%13C%24%23C%251C2%13C%26%12C%27%11C%28%10C%299C%308C%316C%325C743. The minimum Gasteiger partial charge on any atom is -0.0461 e. The molecule has 118 saturated carbocycles. The van der Waals surface area contributed by atoms with Crippen LogP contribution in [-0.4, -0.2) is 0 Å².